The molecule has 3 aliphatic rings. The van der Waals surface area contributed by atoms with Crippen LogP contribution in [-0.2, 0) is 19.3 Å². The first-order valence-electron chi connectivity index (χ1n) is 8.75. The zero-order valence-corrected chi connectivity index (χ0v) is 15.2. The van der Waals surface area contributed by atoms with E-state index in [0.29, 0.717) is 19.6 Å². The summed E-state index contributed by atoms with van der Waals surface area (Å²) >= 11 is 0. The van der Waals surface area contributed by atoms with E-state index in [4.69, 9.17) is 9.47 Å². The predicted octanol–water partition coefficient (Wildman–Crippen LogP) is 0.443. The van der Waals surface area contributed by atoms with Crippen LogP contribution >= 0.6 is 0 Å². The van der Waals surface area contributed by atoms with E-state index in [1.165, 1.54) is 0 Å². The lowest BCUT2D eigenvalue weighted by atomic mass is 10.0. The molecule has 1 aromatic rings. The van der Waals surface area contributed by atoms with Crippen molar-refractivity contribution in [2.24, 2.45) is 0 Å². The quantitative estimate of drug-likeness (QED) is 0.760. The van der Waals surface area contributed by atoms with Crippen LogP contribution in [0.2, 0.25) is 0 Å². The van der Waals surface area contributed by atoms with Crippen LogP contribution in [0.25, 0.3) is 0 Å². The maximum absolute atomic E-state index is 11.7. The normalized spacial score (nSPS) is 27.7. The monoisotopic (exact) mass is 368 g/mol. The van der Waals surface area contributed by atoms with Gasteiger partial charge in [-0.25, -0.2) is 18.4 Å². The molecule has 1 spiro atoms. The smallest absolute Gasteiger partial charge is 0.171 e. The molecule has 8 nitrogen and oxygen atoms in total. The first-order valence-corrected chi connectivity index (χ1v) is 10.6. The summed E-state index contributed by atoms with van der Waals surface area (Å²) < 4.78 is 35.0. The van der Waals surface area contributed by atoms with E-state index in [2.05, 4.69) is 14.9 Å². The summed E-state index contributed by atoms with van der Waals surface area (Å²) in [5.74, 6) is 1.69. The van der Waals surface area contributed by atoms with Gasteiger partial charge in [-0.2, -0.15) is 0 Å². The number of ether oxygens (including phenoxy) is 2. The second kappa shape index (κ2) is 6.37. The minimum atomic E-state index is -2.92. The summed E-state index contributed by atoms with van der Waals surface area (Å²) in [5.41, 5.74) is 0. The molecule has 0 N–H and O–H groups in total. The van der Waals surface area contributed by atoms with Crippen LogP contribution in [0.3, 0.4) is 0 Å². The standard InChI is InChI=1S/C16H24N4O4S/c1-19(13-2-9-25(21,22)11-13)14-10-15(18-12-17-14)20-5-3-16(4-6-20)23-7-8-24-16/h10,12-13H,2-9,11H2,1H3. The van der Waals surface area contributed by atoms with E-state index in [1.807, 2.05) is 18.0 Å². The van der Waals surface area contributed by atoms with E-state index in [0.717, 1.165) is 37.6 Å². The molecular weight excluding hydrogens is 344 g/mol. The van der Waals surface area contributed by atoms with Crippen molar-refractivity contribution in [3.8, 4) is 0 Å². The van der Waals surface area contributed by atoms with Crippen molar-refractivity contribution in [1.82, 2.24) is 9.97 Å². The molecule has 9 heteroatoms. The number of aromatic nitrogens is 2. The number of rotatable bonds is 3. The van der Waals surface area contributed by atoms with Crippen molar-refractivity contribution < 1.29 is 17.9 Å². The summed E-state index contributed by atoms with van der Waals surface area (Å²) in [6, 6.07) is 1.93. The van der Waals surface area contributed by atoms with Gasteiger partial charge in [-0.05, 0) is 6.42 Å². The molecule has 4 rings (SSSR count). The lowest BCUT2D eigenvalue weighted by Crippen LogP contribution is -2.45. The Morgan fingerprint density at radius 2 is 1.96 bits per heavy atom. The van der Waals surface area contributed by atoms with Gasteiger partial charge in [0.25, 0.3) is 0 Å². The minimum absolute atomic E-state index is 0.0161. The second-order valence-corrected chi connectivity index (χ2v) is 9.23. The summed E-state index contributed by atoms with van der Waals surface area (Å²) in [7, 11) is -1.01. The molecular formula is C16H24N4O4S. The molecule has 0 aliphatic carbocycles. The highest BCUT2D eigenvalue weighted by atomic mass is 32.2. The second-order valence-electron chi connectivity index (χ2n) is 7.00. The van der Waals surface area contributed by atoms with Gasteiger partial charge in [-0.1, -0.05) is 0 Å². The Morgan fingerprint density at radius 1 is 1.24 bits per heavy atom. The Hall–Kier alpha value is -1.45. The molecule has 4 heterocycles. The van der Waals surface area contributed by atoms with E-state index in [9.17, 15) is 8.42 Å². The van der Waals surface area contributed by atoms with Crippen molar-refractivity contribution in [3.05, 3.63) is 12.4 Å². The Balaban J connectivity index is 1.45. The Bertz CT molecular complexity index is 725. The van der Waals surface area contributed by atoms with E-state index < -0.39 is 15.6 Å². The van der Waals surface area contributed by atoms with Crippen molar-refractivity contribution >= 4 is 21.5 Å². The van der Waals surface area contributed by atoms with Crippen molar-refractivity contribution in [3.63, 3.8) is 0 Å². The largest absolute Gasteiger partial charge is 0.356 e. The van der Waals surface area contributed by atoms with Gasteiger partial charge in [0.1, 0.15) is 18.0 Å². The van der Waals surface area contributed by atoms with Gasteiger partial charge in [-0.3, -0.25) is 0 Å². The highest BCUT2D eigenvalue weighted by Gasteiger charge is 2.40. The van der Waals surface area contributed by atoms with Crippen LogP contribution in [0.4, 0.5) is 11.6 Å². The SMILES string of the molecule is CN(c1cc(N2CCC3(CC2)OCCO3)ncn1)C1CCS(=O)(=O)C1. The summed E-state index contributed by atoms with van der Waals surface area (Å²) in [6.45, 7) is 2.98. The molecule has 0 bridgehead atoms. The van der Waals surface area contributed by atoms with Crippen LogP contribution in [0.15, 0.2) is 12.4 Å². The van der Waals surface area contributed by atoms with Crippen LogP contribution in [-0.4, -0.2) is 75.1 Å². The lowest BCUT2D eigenvalue weighted by Gasteiger charge is -2.38. The summed E-state index contributed by atoms with van der Waals surface area (Å²) in [6.07, 6.45) is 3.85. The third-order valence-corrected chi connectivity index (χ3v) is 7.17. The molecule has 1 aromatic heterocycles. The Kier molecular flexibility index (Phi) is 4.33. The first kappa shape index (κ1) is 17.0. The minimum Gasteiger partial charge on any atom is -0.356 e. The molecule has 138 valence electrons. The molecule has 0 amide bonds. The molecule has 0 aromatic carbocycles. The van der Waals surface area contributed by atoms with Gasteiger partial charge in [0, 0.05) is 45.1 Å². The maximum Gasteiger partial charge on any atom is 0.171 e. The van der Waals surface area contributed by atoms with Crippen LogP contribution < -0.4 is 9.80 Å². The first-order chi connectivity index (χ1) is 12.0. The average molecular weight is 368 g/mol. The molecule has 25 heavy (non-hydrogen) atoms. The molecule has 1 atom stereocenters. The topological polar surface area (TPSA) is 84.9 Å². The third kappa shape index (κ3) is 3.45. The van der Waals surface area contributed by atoms with Gasteiger partial charge >= 0.3 is 0 Å². The van der Waals surface area contributed by atoms with Crippen molar-refractivity contribution in [2.45, 2.75) is 31.1 Å². The molecule has 0 saturated carbocycles. The van der Waals surface area contributed by atoms with Crippen LogP contribution in [0, 0.1) is 0 Å². The summed E-state index contributed by atoms with van der Waals surface area (Å²) in [5, 5.41) is 0. The molecule has 0 radical (unpaired) electrons. The number of nitrogens with zero attached hydrogens (tertiary/aromatic N) is 4. The lowest BCUT2D eigenvalue weighted by molar-refractivity contribution is -0.169. The van der Waals surface area contributed by atoms with Crippen LogP contribution in [0.1, 0.15) is 19.3 Å². The number of hydrogen-bond donors (Lipinski definition) is 0. The maximum atomic E-state index is 11.7. The molecule has 3 aliphatic heterocycles. The highest BCUT2D eigenvalue weighted by molar-refractivity contribution is 7.91. The number of sulfone groups is 1. The summed E-state index contributed by atoms with van der Waals surface area (Å²) in [4.78, 5) is 12.9. The molecule has 1 unspecified atom stereocenters. The molecule has 3 saturated heterocycles. The number of piperidine rings is 1. The van der Waals surface area contributed by atoms with Gasteiger partial charge in [0.15, 0.2) is 15.6 Å². The zero-order valence-electron chi connectivity index (χ0n) is 14.4. The fourth-order valence-electron chi connectivity index (χ4n) is 3.83. The van der Waals surface area contributed by atoms with Gasteiger partial charge in [0.2, 0.25) is 0 Å². The predicted molar refractivity (Wildman–Crippen MR) is 93.6 cm³/mol. The van der Waals surface area contributed by atoms with Gasteiger partial charge < -0.3 is 19.3 Å². The third-order valence-electron chi connectivity index (χ3n) is 5.42. The molecule has 3 fully saturated rings. The Labute approximate surface area is 148 Å². The Morgan fingerprint density at radius 3 is 2.60 bits per heavy atom. The van der Waals surface area contributed by atoms with Crippen molar-refractivity contribution in [1.29, 1.82) is 0 Å². The zero-order chi connectivity index (χ0) is 17.5. The van der Waals surface area contributed by atoms with Crippen LogP contribution in [0.5, 0.6) is 0 Å². The number of hydrogen-bond acceptors (Lipinski definition) is 8. The van der Waals surface area contributed by atoms with Gasteiger partial charge in [0.05, 0.1) is 24.7 Å². The van der Waals surface area contributed by atoms with Crippen molar-refractivity contribution in [2.75, 3.05) is 54.7 Å². The average Bonchev–Trinajstić information content (AvgIpc) is 3.21. The number of anilines is 2. The van der Waals surface area contributed by atoms with E-state index >= 15 is 0 Å². The fraction of sp³-hybridized carbons (Fsp3) is 0.750. The fourth-order valence-corrected chi connectivity index (χ4v) is 5.61. The van der Waals surface area contributed by atoms with Gasteiger partial charge in [-0.15, -0.1) is 0 Å². The van der Waals surface area contributed by atoms with E-state index in [1.54, 1.807) is 6.33 Å². The van der Waals surface area contributed by atoms with E-state index in [-0.39, 0.29) is 17.5 Å². The highest BCUT2D eigenvalue weighted by Crippen LogP contribution is 2.33.